The van der Waals surface area contributed by atoms with Gasteiger partial charge in [0.15, 0.2) is 5.76 Å². The van der Waals surface area contributed by atoms with Crippen molar-refractivity contribution in [1.82, 2.24) is 9.88 Å². The number of aryl methyl sites for hydroxylation is 2. The van der Waals surface area contributed by atoms with Gasteiger partial charge in [0.1, 0.15) is 10.6 Å². The normalized spacial score (nSPS) is 19.1. The third kappa shape index (κ3) is 3.18. The van der Waals surface area contributed by atoms with Crippen molar-refractivity contribution in [1.29, 1.82) is 0 Å². The van der Waals surface area contributed by atoms with Crippen LogP contribution in [0.3, 0.4) is 0 Å². The molecule has 1 aliphatic rings. The standard InChI is InChI=1S/C13H21ClN2O3S/c1-10-12(11(2)19-16-10)20(17,18)15-9-13(8-14)6-4-3-5-7-13/h15H,3-9H2,1-2H3. The molecular weight excluding hydrogens is 300 g/mol. The highest BCUT2D eigenvalue weighted by Crippen LogP contribution is 2.37. The van der Waals surface area contributed by atoms with Gasteiger partial charge in [-0.15, -0.1) is 11.6 Å². The van der Waals surface area contributed by atoms with Gasteiger partial charge in [0.2, 0.25) is 10.0 Å². The Labute approximate surface area is 125 Å². The van der Waals surface area contributed by atoms with E-state index in [0.29, 0.717) is 23.9 Å². The summed E-state index contributed by atoms with van der Waals surface area (Å²) in [7, 11) is -3.59. The molecule has 7 heteroatoms. The highest BCUT2D eigenvalue weighted by molar-refractivity contribution is 7.89. The van der Waals surface area contributed by atoms with E-state index in [1.165, 1.54) is 6.42 Å². The molecule has 1 heterocycles. The summed E-state index contributed by atoms with van der Waals surface area (Å²) in [6.07, 6.45) is 5.37. The van der Waals surface area contributed by atoms with E-state index in [1.807, 2.05) is 0 Å². The number of alkyl halides is 1. The smallest absolute Gasteiger partial charge is 0.245 e. The van der Waals surface area contributed by atoms with E-state index in [0.717, 1.165) is 25.7 Å². The van der Waals surface area contributed by atoms with E-state index in [9.17, 15) is 8.42 Å². The molecule has 0 amide bonds. The maximum Gasteiger partial charge on any atom is 0.245 e. The van der Waals surface area contributed by atoms with Crippen molar-refractivity contribution < 1.29 is 12.9 Å². The van der Waals surface area contributed by atoms with Crippen molar-refractivity contribution in [2.24, 2.45) is 5.41 Å². The van der Waals surface area contributed by atoms with Crippen LogP contribution in [0.25, 0.3) is 0 Å². The topological polar surface area (TPSA) is 72.2 Å². The number of sulfonamides is 1. The zero-order valence-corrected chi connectivity index (χ0v) is 13.5. The monoisotopic (exact) mass is 320 g/mol. The lowest BCUT2D eigenvalue weighted by Gasteiger charge is -2.35. The largest absolute Gasteiger partial charge is 0.360 e. The second kappa shape index (κ2) is 6.03. The molecule has 114 valence electrons. The number of aromatic nitrogens is 1. The van der Waals surface area contributed by atoms with Gasteiger partial charge < -0.3 is 4.52 Å². The molecule has 1 aromatic rings. The van der Waals surface area contributed by atoms with Crippen LogP contribution in [0.4, 0.5) is 0 Å². The second-order valence-electron chi connectivity index (χ2n) is 5.67. The van der Waals surface area contributed by atoms with Crippen molar-refractivity contribution in [3.63, 3.8) is 0 Å². The van der Waals surface area contributed by atoms with Crippen LogP contribution in [0.15, 0.2) is 9.42 Å². The summed E-state index contributed by atoms with van der Waals surface area (Å²) in [5.74, 6) is 0.801. The number of rotatable bonds is 5. The molecule has 1 N–H and O–H groups in total. The van der Waals surface area contributed by atoms with E-state index in [-0.39, 0.29) is 10.3 Å². The first-order valence-corrected chi connectivity index (χ1v) is 8.90. The summed E-state index contributed by atoms with van der Waals surface area (Å²) >= 11 is 6.09. The lowest BCUT2D eigenvalue weighted by molar-refractivity contribution is 0.223. The van der Waals surface area contributed by atoms with E-state index in [4.69, 9.17) is 16.1 Å². The maximum absolute atomic E-state index is 12.4. The minimum absolute atomic E-state index is 0.119. The van der Waals surface area contributed by atoms with Gasteiger partial charge in [0.25, 0.3) is 0 Å². The first-order valence-electron chi connectivity index (χ1n) is 6.89. The molecule has 0 unspecified atom stereocenters. The number of hydrogen-bond acceptors (Lipinski definition) is 4. The van der Waals surface area contributed by atoms with Gasteiger partial charge in [-0.25, -0.2) is 13.1 Å². The Morgan fingerprint density at radius 1 is 1.30 bits per heavy atom. The van der Waals surface area contributed by atoms with Gasteiger partial charge in [-0.05, 0) is 32.1 Å². The third-order valence-electron chi connectivity index (χ3n) is 4.07. The van der Waals surface area contributed by atoms with Crippen LogP contribution in [0.1, 0.15) is 43.6 Å². The lowest BCUT2D eigenvalue weighted by Crippen LogP contribution is -2.40. The van der Waals surface area contributed by atoms with Crippen LogP contribution in [-0.4, -0.2) is 26.0 Å². The Morgan fingerprint density at radius 2 is 1.95 bits per heavy atom. The van der Waals surface area contributed by atoms with Gasteiger partial charge >= 0.3 is 0 Å². The number of hydrogen-bond donors (Lipinski definition) is 1. The fourth-order valence-electron chi connectivity index (χ4n) is 2.84. The van der Waals surface area contributed by atoms with Crippen molar-refractivity contribution >= 4 is 21.6 Å². The highest BCUT2D eigenvalue weighted by Gasteiger charge is 2.34. The van der Waals surface area contributed by atoms with Crippen LogP contribution in [-0.2, 0) is 10.0 Å². The molecule has 20 heavy (non-hydrogen) atoms. The quantitative estimate of drug-likeness (QED) is 0.847. The van der Waals surface area contributed by atoms with Crippen LogP contribution in [0, 0.1) is 19.3 Å². The molecule has 1 aliphatic carbocycles. The van der Waals surface area contributed by atoms with E-state index in [1.54, 1.807) is 13.8 Å². The van der Waals surface area contributed by atoms with E-state index < -0.39 is 10.0 Å². The lowest BCUT2D eigenvalue weighted by atomic mass is 9.76. The predicted molar refractivity (Wildman–Crippen MR) is 77.4 cm³/mol. The Hall–Kier alpha value is -0.590. The van der Waals surface area contributed by atoms with Gasteiger partial charge in [-0.3, -0.25) is 0 Å². The molecule has 0 aliphatic heterocycles. The van der Waals surface area contributed by atoms with Crippen LogP contribution >= 0.6 is 11.6 Å². The molecule has 5 nitrogen and oxygen atoms in total. The summed E-state index contributed by atoms with van der Waals surface area (Å²) in [5.41, 5.74) is 0.268. The maximum atomic E-state index is 12.4. The van der Waals surface area contributed by atoms with Crippen molar-refractivity contribution in [2.75, 3.05) is 12.4 Å². The summed E-state index contributed by atoms with van der Waals surface area (Å²) in [6.45, 7) is 3.61. The molecule has 1 fully saturated rings. The fraction of sp³-hybridized carbons (Fsp3) is 0.769. The van der Waals surface area contributed by atoms with E-state index in [2.05, 4.69) is 9.88 Å². The van der Waals surface area contributed by atoms with Crippen molar-refractivity contribution in [2.45, 2.75) is 50.8 Å². The Balaban J connectivity index is 2.13. The van der Waals surface area contributed by atoms with Crippen LogP contribution < -0.4 is 4.72 Å². The summed E-state index contributed by atoms with van der Waals surface area (Å²) in [4.78, 5) is 0.151. The van der Waals surface area contributed by atoms with Crippen molar-refractivity contribution in [3.8, 4) is 0 Å². The SMILES string of the molecule is Cc1noc(C)c1S(=O)(=O)NCC1(CCl)CCCCC1. The summed E-state index contributed by atoms with van der Waals surface area (Å²) in [5, 5.41) is 3.69. The molecule has 1 aromatic heterocycles. The number of nitrogens with one attached hydrogen (secondary N) is 1. The van der Waals surface area contributed by atoms with E-state index >= 15 is 0 Å². The van der Waals surface area contributed by atoms with Gasteiger partial charge in [-0.2, -0.15) is 0 Å². The Kier molecular flexibility index (Phi) is 4.76. The van der Waals surface area contributed by atoms with Gasteiger partial charge in [0.05, 0.1) is 0 Å². The second-order valence-corrected chi connectivity index (χ2v) is 7.64. The molecule has 0 bridgehead atoms. The first-order chi connectivity index (χ1) is 9.40. The van der Waals surface area contributed by atoms with Crippen LogP contribution in [0.5, 0.6) is 0 Å². The summed E-state index contributed by atoms with van der Waals surface area (Å²) in [6, 6.07) is 0. The average molecular weight is 321 g/mol. The molecule has 0 aromatic carbocycles. The Morgan fingerprint density at radius 3 is 2.45 bits per heavy atom. The minimum Gasteiger partial charge on any atom is -0.360 e. The van der Waals surface area contributed by atoms with Gasteiger partial charge in [-0.1, -0.05) is 24.4 Å². The number of halogens is 1. The zero-order chi connectivity index (χ0) is 14.8. The fourth-order valence-corrected chi connectivity index (χ4v) is 4.68. The molecule has 0 spiro atoms. The van der Waals surface area contributed by atoms with Gasteiger partial charge in [0, 0.05) is 12.4 Å². The number of nitrogens with zero attached hydrogens (tertiary/aromatic N) is 1. The molecular formula is C13H21ClN2O3S. The predicted octanol–water partition coefficient (Wildman–Crippen LogP) is 2.76. The summed E-state index contributed by atoms with van der Waals surface area (Å²) < 4.78 is 32.4. The first kappa shape index (κ1) is 15.8. The zero-order valence-electron chi connectivity index (χ0n) is 11.9. The minimum atomic E-state index is -3.59. The van der Waals surface area contributed by atoms with Crippen LogP contribution in [0.2, 0.25) is 0 Å². The molecule has 0 saturated heterocycles. The highest BCUT2D eigenvalue weighted by atomic mass is 35.5. The Bertz CT molecular complexity index is 543. The average Bonchev–Trinajstić information content (AvgIpc) is 2.78. The molecule has 0 radical (unpaired) electrons. The van der Waals surface area contributed by atoms with Crippen molar-refractivity contribution in [3.05, 3.63) is 11.5 Å². The molecule has 0 atom stereocenters. The molecule has 1 saturated carbocycles. The third-order valence-corrected chi connectivity index (χ3v) is 6.28. The molecule has 2 rings (SSSR count).